The number of aliphatic carboxylic acids is 1. The average Bonchev–Trinajstić information content (AvgIpc) is 3.01. The molecule has 16 heavy (non-hydrogen) atoms. The third-order valence-electron chi connectivity index (χ3n) is 3.10. The molecule has 0 aromatic rings. The summed E-state index contributed by atoms with van der Waals surface area (Å²) in [7, 11) is 0. The largest absolute Gasteiger partial charge is 0.480 e. The standard InChI is InChI=1S/C11H20N2O3/c1-3-11(2,9(14)15)13-10(16)12-7-6-8-4-5-8/h8H,3-7H2,1-2H3,(H,14,15)(H2,12,13,16). The zero-order valence-electron chi connectivity index (χ0n) is 9.88. The van der Waals surface area contributed by atoms with Gasteiger partial charge in [-0.05, 0) is 25.7 Å². The predicted octanol–water partition coefficient (Wildman–Crippen LogP) is 1.34. The van der Waals surface area contributed by atoms with Gasteiger partial charge in [0.05, 0.1) is 0 Å². The fourth-order valence-corrected chi connectivity index (χ4v) is 1.38. The summed E-state index contributed by atoms with van der Waals surface area (Å²) in [4.78, 5) is 22.4. The molecule has 0 aliphatic heterocycles. The number of amides is 2. The van der Waals surface area contributed by atoms with Crippen LogP contribution in [0.4, 0.5) is 4.79 Å². The van der Waals surface area contributed by atoms with Crippen LogP contribution >= 0.6 is 0 Å². The third kappa shape index (κ3) is 3.72. The van der Waals surface area contributed by atoms with E-state index in [1.807, 2.05) is 0 Å². The van der Waals surface area contributed by atoms with Crippen molar-refractivity contribution in [1.82, 2.24) is 10.6 Å². The molecule has 0 heterocycles. The van der Waals surface area contributed by atoms with Gasteiger partial charge in [0.2, 0.25) is 0 Å². The first kappa shape index (κ1) is 12.8. The van der Waals surface area contributed by atoms with Crippen LogP contribution in [0.1, 0.15) is 39.5 Å². The average molecular weight is 228 g/mol. The van der Waals surface area contributed by atoms with E-state index in [9.17, 15) is 9.59 Å². The van der Waals surface area contributed by atoms with E-state index in [2.05, 4.69) is 10.6 Å². The molecule has 0 bridgehead atoms. The van der Waals surface area contributed by atoms with Crippen molar-refractivity contribution in [2.75, 3.05) is 6.54 Å². The van der Waals surface area contributed by atoms with Crippen LogP contribution < -0.4 is 10.6 Å². The summed E-state index contributed by atoms with van der Waals surface area (Å²) in [5, 5.41) is 14.1. The molecule has 0 spiro atoms. The van der Waals surface area contributed by atoms with E-state index in [0.29, 0.717) is 13.0 Å². The minimum atomic E-state index is -1.18. The van der Waals surface area contributed by atoms with Gasteiger partial charge in [-0.25, -0.2) is 9.59 Å². The van der Waals surface area contributed by atoms with Crippen molar-refractivity contribution < 1.29 is 14.7 Å². The van der Waals surface area contributed by atoms with Crippen LogP contribution in [-0.2, 0) is 4.79 Å². The minimum Gasteiger partial charge on any atom is -0.480 e. The van der Waals surface area contributed by atoms with E-state index in [-0.39, 0.29) is 0 Å². The molecular weight excluding hydrogens is 208 g/mol. The quantitative estimate of drug-likeness (QED) is 0.642. The Morgan fingerprint density at radius 3 is 2.50 bits per heavy atom. The molecule has 5 nitrogen and oxygen atoms in total. The number of urea groups is 1. The third-order valence-corrected chi connectivity index (χ3v) is 3.10. The van der Waals surface area contributed by atoms with Gasteiger partial charge in [0.25, 0.3) is 0 Å². The van der Waals surface area contributed by atoms with Crippen molar-refractivity contribution in [3.05, 3.63) is 0 Å². The summed E-state index contributed by atoms with van der Waals surface area (Å²) in [6, 6.07) is -0.396. The molecule has 1 fully saturated rings. The van der Waals surface area contributed by atoms with Crippen molar-refractivity contribution in [3.63, 3.8) is 0 Å². The maximum atomic E-state index is 11.4. The molecule has 1 unspecified atom stereocenters. The van der Waals surface area contributed by atoms with E-state index < -0.39 is 17.5 Å². The Morgan fingerprint density at radius 2 is 2.06 bits per heavy atom. The molecule has 1 aliphatic carbocycles. The van der Waals surface area contributed by atoms with Crippen LogP contribution in [0.5, 0.6) is 0 Å². The number of carboxylic acid groups (broad SMARTS) is 1. The molecule has 0 aromatic carbocycles. The fraction of sp³-hybridized carbons (Fsp3) is 0.818. The van der Waals surface area contributed by atoms with Gasteiger partial charge in [-0.3, -0.25) is 0 Å². The van der Waals surface area contributed by atoms with E-state index in [0.717, 1.165) is 12.3 Å². The number of carboxylic acids is 1. The van der Waals surface area contributed by atoms with E-state index in [1.54, 1.807) is 6.92 Å². The fourth-order valence-electron chi connectivity index (χ4n) is 1.38. The molecule has 92 valence electrons. The molecule has 1 atom stereocenters. The number of hydrogen-bond acceptors (Lipinski definition) is 2. The topological polar surface area (TPSA) is 78.4 Å². The van der Waals surface area contributed by atoms with E-state index >= 15 is 0 Å². The maximum absolute atomic E-state index is 11.4. The van der Waals surface area contributed by atoms with Crippen LogP contribution in [-0.4, -0.2) is 29.2 Å². The molecule has 0 radical (unpaired) electrons. The van der Waals surface area contributed by atoms with Crippen LogP contribution in [0, 0.1) is 5.92 Å². The predicted molar refractivity (Wildman–Crippen MR) is 60.2 cm³/mol. The van der Waals surface area contributed by atoms with Crippen molar-refractivity contribution in [3.8, 4) is 0 Å². The molecular formula is C11H20N2O3. The molecule has 1 aliphatic rings. The van der Waals surface area contributed by atoms with Gasteiger partial charge >= 0.3 is 12.0 Å². The Bertz CT molecular complexity index is 276. The lowest BCUT2D eigenvalue weighted by Gasteiger charge is -2.24. The molecule has 5 heteroatoms. The lowest BCUT2D eigenvalue weighted by Crippen LogP contribution is -2.54. The summed E-state index contributed by atoms with van der Waals surface area (Å²) in [5.41, 5.74) is -1.18. The monoisotopic (exact) mass is 228 g/mol. The van der Waals surface area contributed by atoms with Gasteiger partial charge in [-0.15, -0.1) is 0 Å². The Balaban J connectivity index is 2.27. The Kier molecular flexibility index (Phi) is 4.15. The van der Waals surface area contributed by atoms with Crippen LogP contribution in [0.3, 0.4) is 0 Å². The summed E-state index contributed by atoms with van der Waals surface area (Å²) < 4.78 is 0. The summed E-state index contributed by atoms with van der Waals surface area (Å²) in [5.74, 6) is -0.246. The highest BCUT2D eigenvalue weighted by Crippen LogP contribution is 2.31. The number of hydrogen-bond donors (Lipinski definition) is 3. The van der Waals surface area contributed by atoms with Gasteiger partial charge < -0.3 is 15.7 Å². The van der Waals surface area contributed by atoms with Gasteiger partial charge in [-0.2, -0.15) is 0 Å². The second kappa shape index (κ2) is 5.18. The molecule has 2 amide bonds. The summed E-state index contributed by atoms with van der Waals surface area (Å²) in [6.45, 7) is 3.87. The van der Waals surface area contributed by atoms with Gasteiger partial charge in [0.1, 0.15) is 5.54 Å². The highest BCUT2D eigenvalue weighted by molar-refractivity contribution is 5.85. The van der Waals surface area contributed by atoms with E-state index in [4.69, 9.17) is 5.11 Å². The van der Waals surface area contributed by atoms with Crippen LogP contribution in [0.15, 0.2) is 0 Å². The second-order valence-corrected chi connectivity index (χ2v) is 4.60. The summed E-state index contributed by atoms with van der Waals surface area (Å²) in [6.07, 6.45) is 3.86. The van der Waals surface area contributed by atoms with Crippen LogP contribution in [0.2, 0.25) is 0 Å². The zero-order valence-corrected chi connectivity index (χ0v) is 9.88. The second-order valence-electron chi connectivity index (χ2n) is 4.60. The normalized spacial score (nSPS) is 18.6. The number of carbonyl (C=O) groups excluding carboxylic acids is 1. The smallest absolute Gasteiger partial charge is 0.329 e. The first-order valence-electron chi connectivity index (χ1n) is 5.77. The lowest BCUT2D eigenvalue weighted by molar-refractivity contribution is -0.143. The van der Waals surface area contributed by atoms with Crippen molar-refractivity contribution in [2.45, 2.75) is 45.1 Å². The SMILES string of the molecule is CCC(C)(NC(=O)NCCC1CC1)C(=O)O. The zero-order chi connectivity index (χ0) is 12.2. The Hall–Kier alpha value is -1.26. The van der Waals surface area contributed by atoms with E-state index in [1.165, 1.54) is 19.8 Å². The minimum absolute atomic E-state index is 0.360. The Morgan fingerprint density at radius 1 is 1.44 bits per heavy atom. The Labute approximate surface area is 95.6 Å². The number of rotatable bonds is 6. The summed E-state index contributed by atoms with van der Waals surface area (Å²) >= 11 is 0. The van der Waals surface area contributed by atoms with Crippen molar-refractivity contribution >= 4 is 12.0 Å². The number of carbonyl (C=O) groups is 2. The molecule has 1 rings (SSSR count). The first-order valence-corrected chi connectivity index (χ1v) is 5.77. The first-order chi connectivity index (χ1) is 7.48. The molecule has 0 aromatic heterocycles. The number of nitrogens with one attached hydrogen (secondary N) is 2. The maximum Gasteiger partial charge on any atom is 0.329 e. The molecule has 0 saturated heterocycles. The van der Waals surface area contributed by atoms with Gasteiger partial charge in [0.15, 0.2) is 0 Å². The van der Waals surface area contributed by atoms with Crippen molar-refractivity contribution in [1.29, 1.82) is 0 Å². The van der Waals surface area contributed by atoms with Crippen LogP contribution in [0.25, 0.3) is 0 Å². The molecule has 3 N–H and O–H groups in total. The lowest BCUT2D eigenvalue weighted by atomic mass is 10.00. The van der Waals surface area contributed by atoms with Gasteiger partial charge in [0, 0.05) is 6.54 Å². The highest BCUT2D eigenvalue weighted by atomic mass is 16.4. The highest BCUT2D eigenvalue weighted by Gasteiger charge is 2.32. The van der Waals surface area contributed by atoms with Gasteiger partial charge in [-0.1, -0.05) is 19.8 Å². The molecule has 1 saturated carbocycles. The van der Waals surface area contributed by atoms with Crippen molar-refractivity contribution in [2.24, 2.45) is 5.92 Å².